The molecule has 0 saturated heterocycles. The molecule has 2 N–H and O–H groups in total. The highest BCUT2D eigenvalue weighted by Gasteiger charge is 2.30. The van der Waals surface area contributed by atoms with Crippen LogP contribution < -0.4 is 15.4 Å². The van der Waals surface area contributed by atoms with Crippen LogP contribution >= 0.6 is 0 Å². The molecule has 0 aromatic heterocycles. The molecule has 25 heavy (non-hydrogen) atoms. The largest absolute Gasteiger partial charge is 0.497 e. The van der Waals surface area contributed by atoms with Gasteiger partial charge in [-0.25, -0.2) is 0 Å². The van der Waals surface area contributed by atoms with Gasteiger partial charge in [0, 0.05) is 25.2 Å². The fourth-order valence-corrected chi connectivity index (χ4v) is 2.16. The van der Waals surface area contributed by atoms with E-state index in [2.05, 4.69) is 10.6 Å². The maximum Gasteiger partial charge on any atom is 0.416 e. The standard InChI is InChI=1S/C18H19F3N2O2/c1-25-16-7-5-13(6-8-16)12-23-17(24)9-10-22-15-4-2-3-14(11-15)18(19,20)21/h2-8,11,22H,9-10,12H2,1H3,(H,23,24). The summed E-state index contributed by atoms with van der Waals surface area (Å²) < 4.78 is 42.9. The van der Waals surface area contributed by atoms with Crippen LogP contribution in [0.15, 0.2) is 48.5 Å². The lowest BCUT2D eigenvalue weighted by Gasteiger charge is -2.11. The van der Waals surface area contributed by atoms with Gasteiger partial charge in [-0.15, -0.1) is 0 Å². The number of ether oxygens (including phenoxy) is 1. The molecule has 0 spiro atoms. The summed E-state index contributed by atoms with van der Waals surface area (Å²) in [5.74, 6) is 0.552. The normalized spacial score (nSPS) is 11.0. The van der Waals surface area contributed by atoms with Crippen molar-refractivity contribution in [2.75, 3.05) is 19.0 Å². The Labute approximate surface area is 144 Å². The Balaban J connectivity index is 1.75. The first kappa shape index (κ1) is 18.6. The van der Waals surface area contributed by atoms with E-state index in [4.69, 9.17) is 4.74 Å². The summed E-state index contributed by atoms with van der Waals surface area (Å²) in [5, 5.41) is 5.58. The van der Waals surface area contributed by atoms with Gasteiger partial charge in [-0.05, 0) is 35.9 Å². The van der Waals surface area contributed by atoms with Crippen LogP contribution in [0, 0.1) is 0 Å². The van der Waals surface area contributed by atoms with E-state index in [0.717, 1.165) is 23.4 Å². The minimum absolute atomic E-state index is 0.159. The number of nitrogens with one attached hydrogen (secondary N) is 2. The van der Waals surface area contributed by atoms with Crippen molar-refractivity contribution in [3.05, 3.63) is 59.7 Å². The van der Waals surface area contributed by atoms with Crippen molar-refractivity contribution in [1.82, 2.24) is 5.32 Å². The Bertz CT molecular complexity index is 700. The van der Waals surface area contributed by atoms with Crippen molar-refractivity contribution < 1.29 is 22.7 Å². The van der Waals surface area contributed by atoms with Gasteiger partial charge in [0.05, 0.1) is 12.7 Å². The number of amides is 1. The molecule has 0 saturated carbocycles. The maximum absolute atomic E-state index is 12.6. The number of anilines is 1. The highest BCUT2D eigenvalue weighted by molar-refractivity contribution is 5.76. The third kappa shape index (κ3) is 6.02. The summed E-state index contributed by atoms with van der Waals surface area (Å²) in [6.45, 7) is 0.627. The van der Waals surface area contributed by atoms with Crippen LogP contribution in [0.2, 0.25) is 0 Å². The van der Waals surface area contributed by atoms with Gasteiger partial charge < -0.3 is 15.4 Å². The average Bonchev–Trinajstić information content (AvgIpc) is 2.60. The lowest BCUT2D eigenvalue weighted by molar-refractivity contribution is -0.137. The average molecular weight is 352 g/mol. The fourth-order valence-electron chi connectivity index (χ4n) is 2.16. The second-order valence-corrected chi connectivity index (χ2v) is 5.38. The molecular formula is C18H19F3N2O2. The first-order valence-corrected chi connectivity index (χ1v) is 7.69. The number of hydrogen-bond acceptors (Lipinski definition) is 3. The molecule has 0 radical (unpaired) electrons. The Morgan fingerprint density at radius 1 is 1.12 bits per heavy atom. The second kappa shape index (κ2) is 8.41. The van der Waals surface area contributed by atoms with E-state index in [9.17, 15) is 18.0 Å². The zero-order chi connectivity index (χ0) is 18.3. The number of benzene rings is 2. The minimum Gasteiger partial charge on any atom is -0.497 e. The van der Waals surface area contributed by atoms with Gasteiger partial charge in [-0.2, -0.15) is 13.2 Å². The van der Waals surface area contributed by atoms with Crippen molar-refractivity contribution in [3.8, 4) is 5.75 Å². The van der Waals surface area contributed by atoms with E-state index in [-0.39, 0.29) is 18.9 Å². The Kier molecular flexibility index (Phi) is 6.27. The number of hydrogen-bond donors (Lipinski definition) is 2. The number of carbonyl (C=O) groups is 1. The van der Waals surface area contributed by atoms with Crippen LogP contribution in [0.1, 0.15) is 17.5 Å². The summed E-state index contributed by atoms with van der Waals surface area (Å²) >= 11 is 0. The summed E-state index contributed by atoms with van der Waals surface area (Å²) in [7, 11) is 1.58. The third-order valence-electron chi connectivity index (χ3n) is 3.52. The number of rotatable bonds is 7. The smallest absolute Gasteiger partial charge is 0.416 e. The lowest BCUT2D eigenvalue weighted by Crippen LogP contribution is -2.24. The molecule has 0 aliphatic heterocycles. The lowest BCUT2D eigenvalue weighted by atomic mass is 10.2. The fraction of sp³-hybridized carbons (Fsp3) is 0.278. The number of halogens is 3. The third-order valence-corrected chi connectivity index (χ3v) is 3.52. The van der Waals surface area contributed by atoms with Gasteiger partial charge in [0.1, 0.15) is 5.75 Å². The Hall–Kier alpha value is -2.70. The molecule has 0 bridgehead atoms. The molecule has 0 fully saturated rings. The quantitative estimate of drug-likeness (QED) is 0.796. The number of carbonyl (C=O) groups excluding carboxylic acids is 1. The predicted molar refractivity (Wildman–Crippen MR) is 89.4 cm³/mol. The molecule has 0 atom stereocenters. The number of methoxy groups -OCH3 is 1. The van der Waals surface area contributed by atoms with Crippen molar-refractivity contribution in [3.63, 3.8) is 0 Å². The highest BCUT2D eigenvalue weighted by atomic mass is 19.4. The second-order valence-electron chi connectivity index (χ2n) is 5.38. The topological polar surface area (TPSA) is 50.4 Å². The molecule has 0 unspecified atom stereocenters. The SMILES string of the molecule is COc1ccc(CNC(=O)CCNc2cccc(C(F)(F)F)c2)cc1. The molecule has 4 nitrogen and oxygen atoms in total. The van der Waals surface area contributed by atoms with Crippen molar-refractivity contribution in [1.29, 1.82) is 0 Å². The molecule has 2 aromatic carbocycles. The number of alkyl halides is 3. The monoisotopic (exact) mass is 352 g/mol. The maximum atomic E-state index is 12.6. The van der Waals surface area contributed by atoms with E-state index >= 15 is 0 Å². The minimum atomic E-state index is -4.38. The van der Waals surface area contributed by atoms with E-state index in [1.165, 1.54) is 12.1 Å². The van der Waals surface area contributed by atoms with E-state index in [1.54, 1.807) is 19.2 Å². The predicted octanol–water partition coefficient (Wildman–Crippen LogP) is 3.83. The van der Waals surface area contributed by atoms with Crippen LogP contribution in [0.3, 0.4) is 0 Å². The summed E-state index contributed by atoms with van der Waals surface area (Å²) in [4.78, 5) is 11.8. The zero-order valence-corrected chi connectivity index (χ0v) is 13.7. The van der Waals surface area contributed by atoms with E-state index in [1.807, 2.05) is 12.1 Å². The van der Waals surface area contributed by atoms with Gasteiger partial charge in [0.2, 0.25) is 5.91 Å². The summed E-state index contributed by atoms with van der Waals surface area (Å²) in [5.41, 5.74) is 0.541. The van der Waals surface area contributed by atoms with E-state index < -0.39 is 11.7 Å². The van der Waals surface area contributed by atoms with E-state index in [0.29, 0.717) is 12.2 Å². The molecular weight excluding hydrogens is 333 g/mol. The van der Waals surface area contributed by atoms with Gasteiger partial charge in [-0.3, -0.25) is 4.79 Å². The van der Waals surface area contributed by atoms with Crippen LogP contribution in [-0.4, -0.2) is 19.6 Å². The van der Waals surface area contributed by atoms with Crippen LogP contribution in [0.25, 0.3) is 0 Å². The summed E-state index contributed by atoms with van der Waals surface area (Å²) in [6, 6.07) is 12.2. The van der Waals surface area contributed by atoms with Gasteiger partial charge in [0.15, 0.2) is 0 Å². The summed E-state index contributed by atoms with van der Waals surface area (Å²) in [6.07, 6.45) is -4.22. The van der Waals surface area contributed by atoms with Crippen molar-refractivity contribution in [2.45, 2.75) is 19.1 Å². The molecule has 2 rings (SSSR count). The molecule has 0 aliphatic carbocycles. The Morgan fingerprint density at radius 3 is 2.48 bits per heavy atom. The van der Waals surface area contributed by atoms with Crippen LogP contribution in [-0.2, 0) is 17.5 Å². The molecule has 134 valence electrons. The first-order valence-electron chi connectivity index (χ1n) is 7.69. The van der Waals surface area contributed by atoms with Gasteiger partial charge in [0.25, 0.3) is 0 Å². The van der Waals surface area contributed by atoms with Crippen LogP contribution in [0.4, 0.5) is 18.9 Å². The van der Waals surface area contributed by atoms with Crippen LogP contribution in [0.5, 0.6) is 5.75 Å². The molecule has 7 heteroatoms. The van der Waals surface area contributed by atoms with Gasteiger partial charge in [-0.1, -0.05) is 18.2 Å². The van der Waals surface area contributed by atoms with Gasteiger partial charge >= 0.3 is 6.18 Å². The van der Waals surface area contributed by atoms with Crippen molar-refractivity contribution in [2.24, 2.45) is 0 Å². The first-order chi connectivity index (χ1) is 11.9. The Morgan fingerprint density at radius 2 is 1.84 bits per heavy atom. The zero-order valence-electron chi connectivity index (χ0n) is 13.7. The van der Waals surface area contributed by atoms with Crippen molar-refractivity contribution >= 4 is 11.6 Å². The molecule has 2 aromatic rings. The highest BCUT2D eigenvalue weighted by Crippen LogP contribution is 2.30. The molecule has 0 heterocycles. The molecule has 0 aliphatic rings. The molecule has 1 amide bonds.